The van der Waals surface area contributed by atoms with Crippen molar-refractivity contribution < 1.29 is 19.2 Å². The second kappa shape index (κ2) is 6.20. The molecule has 23 heavy (non-hydrogen) atoms. The normalized spacial score (nSPS) is 25.0. The number of amides is 3. The molecule has 0 bridgehead atoms. The minimum absolute atomic E-state index is 0.137. The summed E-state index contributed by atoms with van der Waals surface area (Å²) < 4.78 is -0.137. The van der Waals surface area contributed by atoms with E-state index in [4.69, 9.17) is 0 Å². The molecule has 126 valence electrons. The van der Waals surface area contributed by atoms with Gasteiger partial charge in [-0.05, 0) is 39.8 Å². The Kier molecular flexibility index (Phi) is 4.66. The number of carbonyl (C=O) groups excluding carboxylic acids is 2. The number of hydrogen-bond donors (Lipinski definition) is 1. The first-order valence-electron chi connectivity index (χ1n) is 7.89. The molecule has 0 saturated carbocycles. The fourth-order valence-corrected chi connectivity index (χ4v) is 3.50. The van der Waals surface area contributed by atoms with Crippen LogP contribution in [-0.4, -0.2) is 52.7 Å². The van der Waals surface area contributed by atoms with E-state index in [1.165, 1.54) is 0 Å². The minimum Gasteiger partial charge on any atom is -0.498 e. The fourth-order valence-electron chi connectivity index (χ4n) is 3.50. The lowest BCUT2D eigenvalue weighted by Gasteiger charge is -2.55. The average Bonchev–Trinajstić information content (AvgIpc) is 2.46. The van der Waals surface area contributed by atoms with Crippen molar-refractivity contribution in [3.05, 3.63) is 30.3 Å². The first kappa shape index (κ1) is 17.3. The third-order valence-electron chi connectivity index (χ3n) is 4.79. The van der Waals surface area contributed by atoms with Gasteiger partial charge in [-0.15, -0.1) is 0 Å². The van der Waals surface area contributed by atoms with E-state index in [-0.39, 0.29) is 16.6 Å². The molecular formula is C17H25N3O3. The predicted molar refractivity (Wildman–Crippen MR) is 86.8 cm³/mol. The number of para-hydroxylation sites is 1. The number of anilines is 1. The minimum atomic E-state index is -1.08. The van der Waals surface area contributed by atoms with Crippen molar-refractivity contribution in [1.82, 2.24) is 4.90 Å². The van der Waals surface area contributed by atoms with Gasteiger partial charge < -0.3 is 20.1 Å². The van der Waals surface area contributed by atoms with E-state index >= 15 is 0 Å². The molecule has 0 aliphatic carbocycles. The van der Waals surface area contributed by atoms with Crippen LogP contribution in [0.25, 0.3) is 0 Å². The molecule has 3 amide bonds. The summed E-state index contributed by atoms with van der Waals surface area (Å²) in [5, 5.41) is 14.7. The van der Waals surface area contributed by atoms with Gasteiger partial charge in [0, 0.05) is 5.69 Å². The van der Waals surface area contributed by atoms with Crippen LogP contribution in [0.4, 0.5) is 15.3 Å². The highest BCUT2D eigenvalue weighted by atomic mass is 16.4. The van der Waals surface area contributed by atoms with Crippen LogP contribution < -0.4 is 10.4 Å². The van der Waals surface area contributed by atoms with Crippen molar-refractivity contribution in [2.45, 2.75) is 39.3 Å². The van der Waals surface area contributed by atoms with Crippen LogP contribution >= 0.6 is 0 Å². The average molecular weight is 319 g/mol. The first-order chi connectivity index (χ1) is 10.7. The van der Waals surface area contributed by atoms with Crippen molar-refractivity contribution in [1.29, 1.82) is 0 Å². The molecule has 1 aromatic carbocycles. The zero-order chi connectivity index (χ0) is 17.3. The summed E-state index contributed by atoms with van der Waals surface area (Å²) in [5.74, 6) is 0. The molecule has 0 aromatic heterocycles. The van der Waals surface area contributed by atoms with Crippen LogP contribution in [0.15, 0.2) is 30.3 Å². The maximum absolute atomic E-state index is 12.4. The molecule has 6 heteroatoms. The second-order valence-electron chi connectivity index (χ2n) is 7.12. The number of rotatable bonds is 1. The van der Waals surface area contributed by atoms with E-state index in [1.54, 1.807) is 4.90 Å². The molecule has 2 atom stereocenters. The zero-order valence-corrected chi connectivity index (χ0v) is 14.2. The molecule has 1 aromatic rings. The van der Waals surface area contributed by atoms with Gasteiger partial charge in [-0.1, -0.05) is 18.2 Å². The van der Waals surface area contributed by atoms with Crippen molar-refractivity contribution in [2.24, 2.45) is 0 Å². The van der Waals surface area contributed by atoms with E-state index in [0.29, 0.717) is 19.6 Å². The lowest BCUT2D eigenvalue weighted by molar-refractivity contribution is -0.943. The lowest BCUT2D eigenvalue weighted by Crippen LogP contribution is -2.77. The Balaban J connectivity index is 2.11. The van der Waals surface area contributed by atoms with Gasteiger partial charge in [0.1, 0.15) is 12.6 Å². The predicted octanol–water partition coefficient (Wildman–Crippen LogP) is 1.88. The van der Waals surface area contributed by atoms with Gasteiger partial charge in [-0.3, -0.25) is 4.48 Å². The van der Waals surface area contributed by atoms with E-state index < -0.39 is 11.6 Å². The van der Waals surface area contributed by atoms with Crippen LogP contribution in [-0.2, 0) is 0 Å². The Morgan fingerprint density at radius 1 is 1.26 bits per heavy atom. The SMILES string of the molecule is C[C@H]1CN(C(=O)Nc2ccccc2)CC[N+]1(C(=O)[O-])C(C)(C)C. The maximum atomic E-state index is 12.4. The van der Waals surface area contributed by atoms with Gasteiger partial charge in [0.15, 0.2) is 0 Å². The monoisotopic (exact) mass is 319 g/mol. The molecule has 0 spiro atoms. The zero-order valence-electron chi connectivity index (χ0n) is 14.2. The number of hydrogen-bond acceptors (Lipinski definition) is 3. The Labute approximate surface area is 137 Å². The van der Waals surface area contributed by atoms with E-state index in [9.17, 15) is 14.7 Å². The third-order valence-corrected chi connectivity index (χ3v) is 4.79. The van der Waals surface area contributed by atoms with Crippen LogP contribution in [0.5, 0.6) is 0 Å². The van der Waals surface area contributed by atoms with Crippen molar-refractivity contribution in [3.8, 4) is 0 Å². The van der Waals surface area contributed by atoms with Crippen LogP contribution in [0, 0.1) is 0 Å². The lowest BCUT2D eigenvalue weighted by atomic mass is 9.96. The molecule has 1 heterocycles. The van der Waals surface area contributed by atoms with Crippen LogP contribution in [0.2, 0.25) is 0 Å². The summed E-state index contributed by atoms with van der Waals surface area (Å²) in [4.78, 5) is 25.9. The van der Waals surface area contributed by atoms with Crippen molar-refractivity contribution >= 4 is 17.8 Å². The molecular weight excluding hydrogens is 294 g/mol. The molecule has 6 nitrogen and oxygen atoms in total. The summed E-state index contributed by atoms with van der Waals surface area (Å²) in [5.41, 5.74) is 0.243. The topological polar surface area (TPSA) is 72.5 Å². The molecule has 2 rings (SSSR count). The highest BCUT2D eigenvalue weighted by Gasteiger charge is 2.50. The highest BCUT2D eigenvalue weighted by Crippen LogP contribution is 2.31. The van der Waals surface area contributed by atoms with Gasteiger partial charge in [0.05, 0.1) is 18.6 Å². The number of piperazine rings is 1. The number of nitrogens with one attached hydrogen (secondary N) is 1. The van der Waals surface area contributed by atoms with E-state index in [2.05, 4.69) is 5.32 Å². The number of nitrogens with zero attached hydrogens (tertiary/aromatic N) is 2. The number of urea groups is 1. The molecule has 1 N–H and O–H groups in total. The van der Waals surface area contributed by atoms with Crippen molar-refractivity contribution in [2.75, 3.05) is 25.0 Å². The summed E-state index contributed by atoms with van der Waals surface area (Å²) in [7, 11) is 0. The van der Waals surface area contributed by atoms with Crippen molar-refractivity contribution in [3.63, 3.8) is 0 Å². The summed E-state index contributed by atoms with van der Waals surface area (Å²) >= 11 is 0. The highest BCUT2D eigenvalue weighted by molar-refractivity contribution is 5.89. The van der Waals surface area contributed by atoms with Gasteiger partial charge in [0.2, 0.25) is 0 Å². The smallest absolute Gasteiger partial charge is 0.322 e. The molecule has 1 unspecified atom stereocenters. The third kappa shape index (κ3) is 3.17. The number of carbonyl (C=O) groups is 2. The molecule has 1 aliphatic heterocycles. The van der Waals surface area contributed by atoms with Gasteiger partial charge >= 0.3 is 6.03 Å². The summed E-state index contributed by atoms with van der Waals surface area (Å²) in [6, 6.07) is 8.79. The van der Waals surface area contributed by atoms with Gasteiger partial charge in [-0.25, -0.2) is 4.79 Å². The standard InChI is InChI=1S/C17H25N3O3/c1-13-12-19(15(21)18-14-8-6-5-7-9-14)10-11-20(13,16(22)23)17(2,3)4/h5-9,13H,10-12H2,1-4H3,(H-,18,21,22,23)/t13-,20?/m0/s1. The summed E-state index contributed by atoms with van der Waals surface area (Å²) in [6.07, 6.45) is -1.08. The van der Waals surface area contributed by atoms with Gasteiger partial charge in [-0.2, -0.15) is 0 Å². The van der Waals surface area contributed by atoms with Gasteiger partial charge in [0.25, 0.3) is 6.09 Å². The van der Waals surface area contributed by atoms with Crippen LogP contribution in [0.3, 0.4) is 0 Å². The number of quaternary nitrogens is 1. The van der Waals surface area contributed by atoms with E-state index in [0.717, 1.165) is 5.69 Å². The Bertz CT molecular complexity index is 582. The largest absolute Gasteiger partial charge is 0.498 e. The summed E-state index contributed by atoms with van der Waals surface area (Å²) in [6.45, 7) is 8.67. The number of benzene rings is 1. The Morgan fingerprint density at radius 2 is 1.87 bits per heavy atom. The van der Waals surface area contributed by atoms with E-state index in [1.807, 2.05) is 58.0 Å². The van der Waals surface area contributed by atoms with Crippen LogP contribution in [0.1, 0.15) is 27.7 Å². The second-order valence-corrected chi connectivity index (χ2v) is 7.12. The fraction of sp³-hybridized carbons (Fsp3) is 0.529. The molecule has 1 saturated heterocycles. The Morgan fingerprint density at radius 3 is 2.35 bits per heavy atom. The molecule has 1 aliphatic rings. The molecule has 1 fully saturated rings. The maximum Gasteiger partial charge on any atom is 0.322 e. The molecule has 0 radical (unpaired) electrons. The quantitative estimate of drug-likeness (QED) is 0.803. The number of carboxylic acid groups (broad SMARTS) is 1. The Hall–Kier alpha value is -2.08. The first-order valence-corrected chi connectivity index (χ1v) is 7.89.